The first-order valence-corrected chi connectivity index (χ1v) is 20.2. The summed E-state index contributed by atoms with van der Waals surface area (Å²) in [6.45, 7) is 2.18. The maximum atomic E-state index is 6.31. The van der Waals surface area contributed by atoms with Crippen LogP contribution < -0.4 is 9.64 Å². The molecule has 0 amide bonds. The maximum Gasteiger partial charge on any atom is 0.163 e. The van der Waals surface area contributed by atoms with Crippen LogP contribution in [0.4, 0.5) is 17.1 Å². The van der Waals surface area contributed by atoms with Crippen molar-refractivity contribution in [2.75, 3.05) is 4.90 Å². The highest BCUT2D eigenvalue weighted by molar-refractivity contribution is 6.13. The lowest BCUT2D eigenvalue weighted by Gasteiger charge is -2.32. The van der Waals surface area contributed by atoms with Crippen molar-refractivity contribution < 1.29 is 4.74 Å². The normalized spacial score (nSPS) is 11.9. The average Bonchev–Trinajstić information content (AvgIpc) is 3.31. The van der Waals surface area contributed by atoms with Gasteiger partial charge in [0.25, 0.3) is 0 Å². The van der Waals surface area contributed by atoms with E-state index in [1.807, 2.05) is 84.9 Å². The highest BCUT2D eigenvalue weighted by Gasteiger charge is 2.26. The first kappa shape index (κ1) is 35.2. The summed E-state index contributed by atoms with van der Waals surface area (Å²) in [4.78, 5) is 22.9. The SMILES string of the molecule is Cc1cccc(-c2ccc(N3c4ccccc4Oc4ccccc43)cc2)c1-c1nc2ccccc2c2cccc(Cc3nc(-c4ccccc4)nc(-c4ccccc4)n3)c12. The summed E-state index contributed by atoms with van der Waals surface area (Å²) in [6.07, 6.45) is 0.491. The second-order valence-electron chi connectivity index (χ2n) is 15.0. The van der Waals surface area contributed by atoms with Gasteiger partial charge in [-0.15, -0.1) is 0 Å². The first-order valence-electron chi connectivity index (χ1n) is 20.2. The number of anilines is 3. The van der Waals surface area contributed by atoms with Gasteiger partial charge < -0.3 is 9.64 Å². The fourth-order valence-electron chi connectivity index (χ4n) is 8.51. The zero-order valence-electron chi connectivity index (χ0n) is 32.8. The van der Waals surface area contributed by atoms with Crippen molar-refractivity contribution in [1.82, 2.24) is 19.9 Å². The lowest BCUT2D eigenvalue weighted by Crippen LogP contribution is -2.15. The van der Waals surface area contributed by atoms with E-state index < -0.39 is 0 Å². The van der Waals surface area contributed by atoms with Gasteiger partial charge in [0.2, 0.25) is 0 Å². The summed E-state index contributed by atoms with van der Waals surface area (Å²) >= 11 is 0. The van der Waals surface area contributed by atoms with E-state index in [1.165, 1.54) is 0 Å². The van der Waals surface area contributed by atoms with E-state index in [0.717, 1.165) is 94.9 Å². The van der Waals surface area contributed by atoms with Gasteiger partial charge in [0, 0.05) is 39.6 Å². The summed E-state index contributed by atoms with van der Waals surface area (Å²) < 4.78 is 6.31. The zero-order chi connectivity index (χ0) is 40.0. The second-order valence-corrected chi connectivity index (χ2v) is 15.0. The van der Waals surface area contributed by atoms with Crippen LogP contribution in [0, 0.1) is 6.92 Å². The predicted octanol–water partition coefficient (Wildman–Crippen LogP) is 13.7. The molecule has 0 saturated heterocycles. The van der Waals surface area contributed by atoms with Crippen LogP contribution in [-0.4, -0.2) is 19.9 Å². The smallest absolute Gasteiger partial charge is 0.163 e. The van der Waals surface area contributed by atoms with E-state index in [1.54, 1.807) is 0 Å². The Labute approximate surface area is 348 Å². The molecule has 0 unspecified atom stereocenters. The average molecular weight is 772 g/mol. The van der Waals surface area contributed by atoms with Gasteiger partial charge >= 0.3 is 0 Å². The maximum absolute atomic E-state index is 6.31. The van der Waals surface area contributed by atoms with Crippen LogP contribution >= 0.6 is 0 Å². The summed E-state index contributed by atoms with van der Waals surface area (Å²) in [5.74, 6) is 3.66. The number of fused-ring (bicyclic) bond motifs is 5. The second kappa shape index (κ2) is 14.8. The highest BCUT2D eigenvalue weighted by Crippen LogP contribution is 2.50. The number of aromatic nitrogens is 4. The van der Waals surface area contributed by atoms with Crippen LogP contribution in [-0.2, 0) is 6.42 Å². The summed E-state index contributed by atoms with van der Waals surface area (Å²) in [7, 11) is 0. The molecule has 0 N–H and O–H groups in total. The Morgan fingerprint density at radius 1 is 0.467 bits per heavy atom. The summed E-state index contributed by atoms with van der Waals surface area (Å²) in [5, 5.41) is 3.34. The lowest BCUT2D eigenvalue weighted by atomic mass is 9.88. The molecular formula is C54H37N5O. The Bertz CT molecular complexity index is 3120. The standard InChI is InChI=1S/C54H37N5O/c1-35-16-14-23-41(36-30-32-40(33-31-36)59-45-26-10-12-28-47(45)60-48-29-13-11-27-46(48)59)50(35)52-51-39(21-15-24-43(51)42-22-8-9-25-44(42)55-52)34-49-56-53(37-17-4-2-5-18-37)58-54(57-49)38-19-6-3-7-20-38/h2-33H,34H2,1H3. The molecule has 60 heavy (non-hydrogen) atoms. The molecule has 0 bridgehead atoms. The van der Waals surface area contributed by atoms with Crippen molar-refractivity contribution in [3.05, 3.63) is 211 Å². The third-order valence-electron chi connectivity index (χ3n) is 11.3. The van der Waals surface area contributed by atoms with Crippen molar-refractivity contribution in [3.63, 3.8) is 0 Å². The topological polar surface area (TPSA) is 64.0 Å². The summed E-state index contributed by atoms with van der Waals surface area (Å²) in [5.41, 5.74) is 12.4. The van der Waals surface area contributed by atoms with Crippen LogP contribution in [0.15, 0.2) is 194 Å². The molecule has 0 fully saturated rings. The van der Waals surface area contributed by atoms with Crippen LogP contribution in [0.1, 0.15) is 17.0 Å². The van der Waals surface area contributed by atoms with E-state index >= 15 is 0 Å². The fourth-order valence-corrected chi connectivity index (χ4v) is 8.51. The number of ether oxygens (including phenoxy) is 1. The predicted molar refractivity (Wildman–Crippen MR) is 243 cm³/mol. The van der Waals surface area contributed by atoms with Gasteiger partial charge in [-0.3, -0.25) is 0 Å². The van der Waals surface area contributed by atoms with Gasteiger partial charge in [-0.1, -0.05) is 152 Å². The third-order valence-corrected chi connectivity index (χ3v) is 11.3. The van der Waals surface area contributed by atoms with E-state index in [9.17, 15) is 0 Å². The summed E-state index contributed by atoms with van der Waals surface area (Å²) in [6, 6.07) is 67.0. The largest absolute Gasteiger partial charge is 0.453 e. The Morgan fingerprint density at radius 3 is 1.73 bits per heavy atom. The molecule has 6 nitrogen and oxygen atoms in total. The fraction of sp³-hybridized carbons (Fsp3) is 0.0370. The quantitative estimate of drug-likeness (QED) is 0.150. The molecule has 284 valence electrons. The molecule has 8 aromatic carbocycles. The monoisotopic (exact) mass is 771 g/mol. The van der Waals surface area contributed by atoms with Crippen LogP contribution in [0.3, 0.4) is 0 Å². The number of aryl methyl sites for hydroxylation is 1. The molecule has 11 rings (SSSR count). The highest BCUT2D eigenvalue weighted by atomic mass is 16.5. The zero-order valence-corrected chi connectivity index (χ0v) is 32.8. The number of pyridine rings is 1. The van der Waals surface area contributed by atoms with Crippen LogP contribution in [0.2, 0.25) is 0 Å². The van der Waals surface area contributed by atoms with Gasteiger partial charge in [0.1, 0.15) is 5.82 Å². The number of para-hydroxylation sites is 5. The number of benzene rings is 8. The molecule has 0 radical (unpaired) electrons. The lowest BCUT2D eigenvalue weighted by molar-refractivity contribution is 0.477. The number of rotatable bonds is 7. The van der Waals surface area contributed by atoms with E-state index in [-0.39, 0.29) is 0 Å². The van der Waals surface area contributed by atoms with Gasteiger partial charge in [0.05, 0.1) is 22.6 Å². The minimum absolute atomic E-state index is 0.491. The van der Waals surface area contributed by atoms with Crippen LogP contribution in [0.5, 0.6) is 11.5 Å². The minimum Gasteiger partial charge on any atom is -0.453 e. The Morgan fingerprint density at radius 2 is 1.05 bits per heavy atom. The van der Waals surface area contributed by atoms with Gasteiger partial charge in [-0.05, 0) is 77.0 Å². The van der Waals surface area contributed by atoms with Gasteiger partial charge in [-0.25, -0.2) is 19.9 Å². The molecule has 1 aliphatic heterocycles. The molecule has 1 aliphatic rings. The van der Waals surface area contributed by atoms with Crippen molar-refractivity contribution in [2.45, 2.75) is 13.3 Å². The van der Waals surface area contributed by atoms with Gasteiger partial charge in [-0.2, -0.15) is 0 Å². The Hall–Kier alpha value is -7.96. The molecule has 2 aromatic heterocycles. The van der Waals surface area contributed by atoms with E-state index in [0.29, 0.717) is 23.9 Å². The van der Waals surface area contributed by atoms with Crippen molar-refractivity contribution in [3.8, 4) is 56.7 Å². The molecule has 0 saturated carbocycles. The molecule has 6 heteroatoms. The Balaban J connectivity index is 1.07. The minimum atomic E-state index is 0.491. The van der Waals surface area contributed by atoms with Gasteiger partial charge in [0.15, 0.2) is 23.1 Å². The number of hydrogen-bond donors (Lipinski definition) is 0. The number of nitrogens with zero attached hydrogens (tertiary/aromatic N) is 5. The van der Waals surface area contributed by atoms with Crippen molar-refractivity contribution in [2.24, 2.45) is 0 Å². The molecule has 10 aromatic rings. The Kier molecular flexibility index (Phi) is 8.67. The van der Waals surface area contributed by atoms with E-state index in [4.69, 9.17) is 24.7 Å². The van der Waals surface area contributed by atoms with E-state index in [2.05, 4.69) is 121 Å². The molecule has 0 atom stereocenters. The number of hydrogen-bond acceptors (Lipinski definition) is 6. The molecule has 0 spiro atoms. The molecule has 3 heterocycles. The molecule has 0 aliphatic carbocycles. The molecular weight excluding hydrogens is 735 g/mol. The first-order chi connectivity index (χ1) is 29.7. The van der Waals surface area contributed by atoms with Crippen molar-refractivity contribution >= 4 is 38.7 Å². The van der Waals surface area contributed by atoms with Crippen LogP contribution in [0.25, 0.3) is 66.8 Å². The van der Waals surface area contributed by atoms with Crippen molar-refractivity contribution in [1.29, 1.82) is 0 Å². The third kappa shape index (κ3) is 6.22.